The summed E-state index contributed by atoms with van der Waals surface area (Å²) in [7, 11) is 0. The number of hydrogen-bond donors (Lipinski definition) is 1. The van der Waals surface area contributed by atoms with Crippen LogP contribution in [0.2, 0.25) is 0 Å². The molecule has 3 aromatic rings. The van der Waals surface area contributed by atoms with E-state index < -0.39 is 11.6 Å². The van der Waals surface area contributed by atoms with Crippen LogP contribution in [0.5, 0.6) is 0 Å². The predicted octanol–water partition coefficient (Wildman–Crippen LogP) is 2.50. The van der Waals surface area contributed by atoms with Gasteiger partial charge in [-0.15, -0.1) is 5.10 Å². The number of anilines is 1. The maximum absolute atomic E-state index is 13.9. The number of halogens is 2. The van der Waals surface area contributed by atoms with Gasteiger partial charge in [-0.25, -0.2) is 8.78 Å². The second-order valence-electron chi connectivity index (χ2n) is 4.58. The summed E-state index contributed by atoms with van der Waals surface area (Å²) in [5.41, 5.74) is 7.79. The van der Waals surface area contributed by atoms with E-state index in [1.54, 1.807) is 18.2 Å². The molecule has 1 aromatic heterocycles. The third-order valence-electron chi connectivity index (χ3n) is 3.10. The number of aromatic nitrogens is 4. The quantitative estimate of drug-likeness (QED) is 0.735. The smallest absolute Gasteiger partial charge is 0.187 e. The van der Waals surface area contributed by atoms with Gasteiger partial charge in [0.05, 0.1) is 0 Å². The van der Waals surface area contributed by atoms with Crippen molar-refractivity contribution in [2.24, 2.45) is 0 Å². The first kappa shape index (κ1) is 13.2. The number of rotatable bonds is 2. The number of nitrogens with two attached hydrogens (primary N) is 1. The van der Waals surface area contributed by atoms with Crippen molar-refractivity contribution in [1.82, 2.24) is 20.2 Å². The van der Waals surface area contributed by atoms with Gasteiger partial charge in [0, 0.05) is 17.3 Å². The van der Waals surface area contributed by atoms with Crippen LogP contribution < -0.4 is 5.73 Å². The molecule has 0 amide bonds. The highest BCUT2D eigenvalue weighted by Gasteiger charge is 2.16. The van der Waals surface area contributed by atoms with Crippen LogP contribution in [0.25, 0.3) is 17.1 Å². The molecule has 0 saturated carbocycles. The summed E-state index contributed by atoms with van der Waals surface area (Å²) < 4.78 is 28.4. The van der Waals surface area contributed by atoms with Crippen LogP contribution in [0, 0.1) is 18.6 Å². The van der Waals surface area contributed by atoms with Crippen molar-refractivity contribution in [2.45, 2.75) is 6.92 Å². The summed E-state index contributed by atoms with van der Waals surface area (Å²) >= 11 is 0. The molecule has 0 aliphatic heterocycles. The zero-order valence-corrected chi connectivity index (χ0v) is 11.1. The van der Waals surface area contributed by atoms with Gasteiger partial charge in [0.15, 0.2) is 5.82 Å². The fraction of sp³-hybridized carbons (Fsp3) is 0.0714. The lowest BCUT2D eigenvalue weighted by Gasteiger charge is -2.08. The standard InChI is InChI=1S/C14H11F2N5/c1-8-6-10(17)3-4-11(8)14-18-19-20-21(14)13-7-9(15)2-5-12(13)16/h2-7H,17H2,1H3. The van der Waals surface area contributed by atoms with Crippen LogP contribution in [0.1, 0.15) is 5.56 Å². The van der Waals surface area contributed by atoms with Gasteiger partial charge in [-0.05, 0) is 53.2 Å². The Morgan fingerprint density at radius 2 is 1.90 bits per heavy atom. The lowest BCUT2D eigenvalue weighted by molar-refractivity contribution is 0.584. The zero-order valence-electron chi connectivity index (χ0n) is 11.1. The molecule has 2 N–H and O–H groups in total. The average Bonchev–Trinajstić information content (AvgIpc) is 2.90. The van der Waals surface area contributed by atoms with Crippen LogP contribution in [0.15, 0.2) is 36.4 Å². The van der Waals surface area contributed by atoms with Crippen molar-refractivity contribution in [3.05, 3.63) is 53.6 Å². The number of hydrogen-bond acceptors (Lipinski definition) is 4. The topological polar surface area (TPSA) is 69.6 Å². The van der Waals surface area contributed by atoms with Crippen molar-refractivity contribution in [2.75, 3.05) is 5.73 Å². The molecule has 1 heterocycles. The van der Waals surface area contributed by atoms with Crippen LogP contribution >= 0.6 is 0 Å². The van der Waals surface area contributed by atoms with E-state index in [0.717, 1.165) is 28.4 Å². The van der Waals surface area contributed by atoms with Crippen LogP contribution in [-0.2, 0) is 0 Å². The third kappa shape index (κ3) is 2.33. The van der Waals surface area contributed by atoms with E-state index in [1.807, 2.05) is 6.92 Å². The van der Waals surface area contributed by atoms with Gasteiger partial charge in [0.1, 0.15) is 17.3 Å². The van der Waals surface area contributed by atoms with Gasteiger partial charge in [-0.2, -0.15) is 4.68 Å². The molecule has 0 aliphatic carbocycles. The van der Waals surface area contributed by atoms with E-state index in [2.05, 4.69) is 15.5 Å². The van der Waals surface area contributed by atoms with E-state index in [1.165, 1.54) is 0 Å². The number of aryl methyl sites for hydroxylation is 1. The molecule has 0 saturated heterocycles. The minimum atomic E-state index is -0.613. The zero-order chi connectivity index (χ0) is 15.0. The van der Waals surface area contributed by atoms with Gasteiger partial charge in [0.25, 0.3) is 0 Å². The van der Waals surface area contributed by atoms with Gasteiger partial charge in [0.2, 0.25) is 0 Å². The van der Waals surface area contributed by atoms with Crippen molar-refractivity contribution in [3.63, 3.8) is 0 Å². The Bertz CT molecular complexity index is 813. The van der Waals surface area contributed by atoms with E-state index in [0.29, 0.717) is 17.1 Å². The highest BCUT2D eigenvalue weighted by Crippen LogP contribution is 2.25. The summed E-state index contributed by atoms with van der Waals surface area (Å²) in [6, 6.07) is 8.31. The first-order valence-electron chi connectivity index (χ1n) is 6.16. The highest BCUT2D eigenvalue weighted by atomic mass is 19.1. The molecule has 2 aromatic carbocycles. The Morgan fingerprint density at radius 1 is 1.10 bits per heavy atom. The van der Waals surface area contributed by atoms with Gasteiger partial charge in [-0.1, -0.05) is 0 Å². The normalized spacial score (nSPS) is 10.8. The Balaban J connectivity index is 2.19. The van der Waals surface area contributed by atoms with Crippen LogP contribution in [0.4, 0.5) is 14.5 Å². The fourth-order valence-electron chi connectivity index (χ4n) is 2.10. The van der Waals surface area contributed by atoms with Crippen LogP contribution in [0.3, 0.4) is 0 Å². The number of benzene rings is 2. The largest absolute Gasteiger partial charge is 0.399 e. The van der Waals surface area contributed by atoms with E-state index in [9.17, 15) is 8.78 Å². The first-order valence-corrected chi connectivity index (χ1v) is 6.16. The maximum Gasteiger partial charge on any atom is 0.187 e. The van der Waals surface area contributed by atoms with E-state index in [4.69, 9.17) is 5.73 Å². The molecule has 0 atom stereocenters. The molecular formula is C14H11F2N5. The Kier molecular flexibility index (Phi) is 3.09. The summed E-state index contributed by atoms with van der Waals surface area (Å²) in [5.74, 6) is -0.864. The number of nitrogens with zero attached hydrogens (tertiary/aromatic N) is 4. The molecule has 0 unspecified atom stereocenters. The molecule has 3 rings (SSSR count). The Morgan fingerprint density at radius 3 is 2.67 bits per heavy atom. The Labute approximate surface area is 119 Å². The number of tetrazole rings is 1. The van der Waals surface area contributed by atoms with E-state index >= 15 is 0 Å². The highest BCUT2D eigenvalue weighted by molar-refractivity contribution is 5.65. The molecule has 0 radical (unpaired) electrons. The molecule has 0 bridgehead atoms. The van der Waals surface area contributed by atoms with Crippen molar-refractivity contribution < 1.29 is 8.78 Å². The van der Waals surface area contributed by atoms with Gasteiger partial charge < -0.3 is 5.73 Å². The average molecular weight is 287 g/mol. The van der Waals surface area contributed by atoms with Gasteiger partial charge in [-0.3, -0.25) is 0 Å². The molecule has 0 aliphatic rings. The second-order valence-corrected chi connectivity index (χ2v) is 4.58. The van der Waals surface area contributed by atoms with Crippen LogP contribution in [-0.4, -0.2) is 20.2 Å². The van der Waals surface area contributed by atoms with Crippen molar-refractivity contribution >= 4 is 5.69 Å². The lowest BCUT2D eigenvalue weighted by atomic mass is 10.1. The minimum Gasteiger partial charge on any atom is -0.399 e. The molecule has 0 spiro atoms. The predicted molar refractivity (Wildman–Crippen MR) is 73.7 cm³/mol. The maximum atomic E-state index is 13.9. The fourth-order valence-corrected chi connectivity index (χ4v) is 2.10. The molecule has 7 heteroatoms. The minimum absolute atomic E-state index is 0.0498. The summed E-state index contributed by atoms with van der Waals surface area (Å²) in [6.45, 7) is 1.84. The van der Waals surface area contributed by atoms with Crippen molar-refractivity contribution in [3.8, 4) is 17.1 Å². The number of nitrogen functional groups attached to an aromatic ring is 1. The monoisotopic (exact) mass is 287 g/mol. The van der Waals surface area contributed by atoms with Gasteiger partial charge >= 0.3 is 0 Å². The summed E-state index contributed by atoms with van der Waals surface area (Å²) in [5, 5.41) is 11.2. The SMILES string of the molecule is Cc1cc(N)ccc1-c1nnnn1-c1cc(F)ccc1F. The second kappa shape index (κ2) is 4.93. The summed E-state index contributed by atoms with van der Waals surface area (Å²) in [4.78, 5) is 0. The molecule has 106 valence electrons. The molecule has 5 nitrogen and oxygen atoms in total. The lowest BCUT2D eigenvalue weighted by Crippen LogP contribution is -2.04. The Hall–Kier alpha value is -2.83. The van der Waals surface area contributed by atoms with E-state index in [-0.39, 0.29) is 5.69 Å². The third-order valence-corrected chi connectivity index (χ3v) is 3.10. The first-order chi connectivity index (χ1) is 10.1. The molecule has 21 heavy (non-hydrogen) atoms. The summed E-state index contributed by atoms with van der Waals surface area (Å²) in [6.07, 6.45) is 0. The molecule has 0 fully saturated rings. The van der Waals surface area contributed by atoms with Crippen molar-refractivity contribution in [1.29, 1.82) is 0 Å². The molecular weight excluding hydrogens is 276 g/mol.